The van der Waals surface area contributed by atoms with Gasteiger partial charge in [-0.05, 0) is 23.8 Å². The van der Waals surface area contributed by atoms with E-state index in [2.05, 4.69) is 10.4 Å². The number of carboxylic acids is 1. The van der Waals surface area contributed by atoms with Crippen molar-refractivity contribution in [1.29, 1.82) is 0 Å². The van der Waals surface area contributed by atoms with Crippen molar-refractivity contribution < 1.29 is 14.7 Å². The Bertz CT molecular complexity index is 1110. The number of amides is 1. The summed E-state index contributed by atoms with van der Waals surface area (Å²) in [5.41, 5.74) is -0.187. The van der Waals surface area contributed by atoms with Crippen LogP contribution in [0.2, 0.25) is 10.0 Å². The van der Waals surface area contributed by atoms with E-state index < -0.39 is 24.0 Å². The van der Waals surface area contributed by atoms with E-state index in [-0.39, 0.29) is 23.0 Å². The van der Waals surface area contributed by atoms with Crippen molar-refractivity contribution in [2.45, 2.75) is 13.1 Å². The molecule has 1 aromatic heterocycles. The van der Waals surface area contributed by atoms with Gasteiger partial charge in [-0.3, -0.25) is 9.59 Å². The summed E-state index contributed by atoms with van der Waals surface area (Å²) in [4.78, 5) is 36.1. The summed E-state index contributed by atoms with van der Waals surface area (Å²) in [6.07, 6.45) is 0. The first kappa shape index (κ1) is 18.9. The van der Waals surface area contributed by atoms with E-state index in [1.165, 1.54) is 12.1 Å². The maximum absolute atomic E-state index is 12.5. The lowest BCUT2D eigenvalue weighted by atomic mass is 10.1. The van der Waals surface area contributed by atoms with Crippen molar-refractivity contribution in [3.8, 4) is 0 Å². The SMILES string of the molecule is O=C(Cn1nc(C(=O)O)c2ccccc2c1=O)NCc1ccc(Cl)cc1Cl. The normalized spacial score (nSPS) is 10.7. The molecule has 1 heterocycles. The molecule has 0 unspecified atom stereocenters. The summed E-state index contributed by atoms with van der Waals surface area (Å²) in [5.74, 6) is -1.80. The molecular formula is C18H13Cl2N3O4. The molecule has 27 heavy (non-hydrogen) atoms. The van der Waals surface area contributed by atoms with Crippen molar-refractivity contribution in [3.63, 3.8) is 0 Å². The van der Waals surface area contributed by atoms with E-state index in [0.29, 0.717) is 15.6 Å². The zero-order chi connectivity index (χ0) is 19.6. The highest BCUT2D eigenvalue weighted by molar-refractivity contribution is 6.35. The van der Waals surface area contributed by atoms with Crippen molar-refractivity contribution >= 4 is 45.9 Å². The van der Waals surface area contributed by atoms with Crippen molar-refractivity contribution in [2.24, 2.45) is 0 Å². The van der Waals surface area contributed by atoms with Crippen LogP contribution in [-0.4, -0.2) is 26.8 Å². The van der Waals surface area contributed by atoms with Crippen LogP contribution in [-0.2, 0) is 17.9 Å². The van der Waals surface area contributed by atoms with Gasteiger partial charge in [-0.2, -0.15) is 5.10 Å². The summed E-state index contributed by atoms with van der Waals surface area (Å²) in [5, 5.41) is 17.1. The Morgan fingerprint density at radius 3 is 2.48 bits per heavy atom. The summed E-state index contributed by atoms with van der Waals surface area (Å²) >= 11 is 11.9. The molecule has 2 aromatic carbocycles. The third kappa shape index (κ3) is 4.10. The van der Waals surface area contributed by atoms with E-state index in [1.807, 2.05) is 0 Å². The fourth-order valence-corrected chi connectivity index (χ4v) is 3.03. The minimum atomic E-state index is -1.28. The molecule has 0 spiro atoms. The molecule has 3 rings (SSSR count). The Morgan fingerprint density at radius 2 is 1.81 bits per heavy atom. The van der Waals surface area contributed by atoms with Crippen LogP contribution < -0.4 is 10.9 Å². The molecular weight excluding hydrogens is 393 g/mol. The second-order valence-electron chi connectivity index (χ2n) is 5.67. The highest BCUT2D eigenvalue weighted by Gasteiger charge is 2.17. The first-order chi connectivity index (χ1) is 12.9. The molecule has 0 saturated heterocycles. The maximum atomic E-state index is 12.5. The predicted octanol–water partition coefficient (Wildman–Crippen LogP) is 2.72. The number of carboxylic acid groups (broad SMARTS) is 1. The largest absolute Gasteiger partial charge is 0.476 e. The van der Waals surface area contributed by atoms with Crippen LogP contribution in [0.15, 0.2) is 47.3 Å². The predicted molar refractivity (Wildman–Crippen MR) is 101 cm³/mol. The molecule has 7 nitrogen and oxygen atoms in total. The number of fused-ring (bicyclic) bond motifs is 1. The lowest BCUT2D eigenvalue weighted by molar-refractivity contribution is -0.122. The quantitative estimate of drug-likeness (QED) is 0.679. The number of rotatable bonds is 5. The van der Waals surface area contributed by atoms with Crippen molar-refractivity contribution in [1.82, 2.24) is 15.1 Å². The van der Waals surface area contributed by atoms with E-state index in [9.17, 15) is 19.5 Å². The van der Waals surface area contributed by atoms with Gasteiger partial charge < -0.3 is 10.4 Å². The van der Waals surface area contributed by atoms with Gasteiger partial charge in [0.15, 0.2) is 5.69 Å². The average Bonchev–Trinajstić information content (AvgIpc) is 2.63. The van der Waals surface area contributed by atoms with Crippen LogP contribution in [0.4, 0.5) is 0 Å². The second-order valence-corrected chi connectivity index (χ2v) is 6.52. The number of hydrogen-bond acceptors (Lipinski definition) is 4. The van der Waals surface area contributed by atoms with Gasteiger partial charge in [0.05, 0.1) is 5.39 Å². The van der Waals surface area contributed by atoms with Crippen molar-refractivity contribution in [2.75, 3.05) is 0 Å². The van der Waals surface area contributed by atoms with Crippen LogP contribution in [0.5, 0.6) is 0 Å². The number of carbonyl (C=O) groups excluding carboxylic acids is 1. The van der Waals surface area contributed by atoms with Gasteiger partial charge >= 0.3 is 5.97 Å². The molecule has 0 aliphatic carbocycles. The number of aromatic nitrogens is 2. The Labute approximate surface area is 163 Å². The maximum Gasteiger partial charge on any atom is 0.357 e. The number of benzene rings is 2. The molecule has 0 bridgehead atoms. The van der Waals surface area contributed by atoms with E-state index in [1.54, 1.807) is 30.3 Å². The number of hydrogen-bond donors (Lipinski definition) is 2. The number of nitrogens with zero attached hydrogens (tertiary/aromatic N) is 2. The van der Waals surface area contributed by atoms with Gasteiger partial charge in [0.25, 0.3) is 5.56 Å². The lowest BCUT2D eigenvalue weighted by Crippen LogP contribution is -2.34. The minimum absolute atomic E-state index is 0.128. The van der Waals surface area contributed by atoms with Gasteiger partial charge in [-0.15, -0.1) is 0 Å². The Kier molecular flexibility index (Phi) is 5.43. The van der Waals surface area contributed by atoms with E-state index in [4.69, 9.17) is 23.2 Å². The van der Waals surface area contributed by atoms with Crippen LogP contribution in [0.25, 0.3) is 10.8 Å². The van der Waals surface area contributed by atoms with E-state index >= 15 is 0 Å². The Balaban J connectivity index is 1.83. The number of nitrogens with one attached hydrogen (secondary N) is 1. The monoisotopic (exact) mass is 405 g/mol. The van der Waals surface area contributed by atoms with Gasteiger partial charge in [-0.1, -0.05) is 47.5 Å². The molecule has 0 radical (unpaired) electrons. The van der Waals surface area contributed by atoms with Crippen LogP contribution in [0.3, 0.4) is 0 Å². The fraction of sp³-hybridized carbons (Fsp3) is 0.111. The lowest BCUT2D eigenvalue weighted by Gasteiger charge is -2.10. The van der Waals surface area contributed by atoms with Crippen molar-refractivity contribution in [3.05, 3.63) is 74.1 Å². The zero-order valence-corrected chi connectivity index (χ0v) is 15.3. The fourth-order valence-electron chi connectivity index (χ4n) is 2.55. The smallest absolute Gasteiger partial charge is 0.357 e. The first-order valence-corrected chi connectivity index (χ1v) is 8.56. The highest BCUT2D eigenvalue weighted by atomic mass is 35.5. The molecule has 138 valence electrons. The molecule has 0 aliphatic rings. The summed E-state index contributed by atoms with van der Waals surface area (Å²) in [6.45, 7) is -0.294. The molecule has 0 fully saturated rings. The molecule has 0 atom stereocenters. The van der Waals surface area contributed by atoms with Crippen LogP contribution in [0.1, 0.15) is 16.1 Å². The third-order valence-electron chi connectivity index (χ3n) is 3.85. The first-order valence-electron chi connectivity index (χ1n) is 7.80. The Morgan fingerprint density at radius 1 is 1.11 bits per heavy atom. The molecule has 0 saturated carbocycles. The second kappa shape index (κ2) is 7.77. The van der Waals surface area contributed by atoms with Gasteiger partial charge in [-0.25, -0.2) is 9.48 Å². The van der Waals surface area contributed by atoms with Gasteiger partial charge in [0, 0.05) is 22.0 Å². The minimum Gasteiger partial charge on any atom is -0.476 e. The molecule has 2 N–H and O–H groups in total. The molecule has 9 heteroatoms. The average molecular weight is 406 g/mol. The Hall–Kier alpha value is -2.90. The van der Waals surface area contributed by atoms with Gasteiger partial charge in [0.1, 0.15) is 6.54 Å². The van der Waals surface area contributed by atoms with Crippen LogP contribution >= 0.6 is 23.2 Å². The summed E-state index contributed by atoms with van der Waals surface area (Å²) in [7, 11) is 0. The summed E-state index contributed by atoms with van der Waals surface area (Å²) in [6, 6.07) is 11.1. The molecule has 1 amide bonds. The number of halogens is 2. The van der Waals surface area contributed by atoms with Crippen LogP contribution in [0, 0.1) is 0 Å². The molecule has 0 aliphatic heterocycles. The number of aromatic carboxylic acids is 1. The third-order valence-corrected chi connectivity index (χ3v) is 4.44. The zero-order valence-electron chi connectivity index (χ0n) is 13.8. The topological polar surface area (TPSA) is 101 Å². The van der Waals surface area contributed by atoms with E-state index in [0.717, 1.165) is 4.68 Å². The number of carbonyl (C=O) groups is 2. The highest BCUT2D eigenvalue weighted by Crippen LogP contribution is 2.20. The standard InChI is InChI=1S/C18H13Cl2N3O4/c19-11-6-5-10(14(20)7-11)8-21-15(24)9-23-17(25)13-4-2-1-3-12(13)16(22-23)18(26)27/h1-7H,8-9H2,(H,21,24)(H,26,27). The molecule has 3 aromatic rings. The van der Waals surface area contributed by atoms with Gasteiger partial charge in [0.2, 0.25) is 5.91 Å². The summed E-state index contributed by atoms with van der Waals surface area (Å²) < 4.78 is 0.838.